The molecule has 0 spiro atoms. The van der Waals surface area contributed by atoms with E-state index >= 15 is 0 Å². The van der Waals surface area contributed by atoms with Crippen LogP contribution in [0.3, 0.4) is 0 Å². The molecule has 0 radical (unpaired) electrons. The van der Waals surface area contributed by atoms with Gasteiger partial charge in [-0.1, -0.05) is 39.0 Å². The summed E-state index contributed by atoms with van der Waals surface area (Å²) in [6, 6.07) is 0. The number of cyclic esters (lactones) is 1. The van der Waals surface area contributed by atoms with E-state index in [-0.39, 0.29) is 54.2 Å². The summed E-state index contributed by atoms with van der Waals surface area (Å²) in [5, 5.41) is 20.4. The lowest BCUT2D eigenvalue weighted by Crippen LogP contribution is -2.44. The Hall–Kier alpha value is -1.66. The first-order valence-electron chi connectivity index (χ1n) is 10.9. The van der Waals surface area contributed by atoms with Crippen molar-refractivity contribution in [2.75, 3.05) is 0 Å². The van der Waals surface area contributed by atoms with Gasteiger partial charge in [-0.3, -0.25) is 9.59 Å². The number of carbonyl (C=O) groups is 2. The molecular formula is C23H34O6. The predicted molar refractivity (Wildman–Crippen MR) is 108 cm³/mol. The maximum Gasteiger partial charge on any atom is 0.308 e. The highest BCUT2D eigenvalue weighted by Crippen LogP contribution is 2.44. The van der Waals surface area contributed by atoms with E-state index in [4.69, 9.17) is 9.47 Å². The zero-order valence-corrected chi connectivity index (χ0v) is 17.6. The van der Waals surface area contributed by atoms with Crippen molar-refractivity contribution >= 4 is 11.9 Å². The maximum atomic E-state index is 12.4. The predicted octanol–water partition coefficient (Wildman–Crippen LogP) is 2.92. The molecule has 1 heterocycles. The molecular weight excluding hydrogens is 372 g/mol. The molecule has 1 aliphatic heterocycles. The molecule has 2 N–H and O–H groups in total. The minimum absolute atomic E-state index is 0.00395. The summed E-state index contributed by atoms with van der Waals surface area (Å²) < 4.78 is 11.3. The third-order valence-electron chi connectivity index (χ3n) is 6.84. The van der Waals surface area contributed by atoms with E-state index in [0.29, 0.717) is 19.3 Å². The lowest BCUT2D eigenvalue weighted by molar-refractivity contribution is -0.162. The number of aliphatic hydroxyl groups excluding tert-OH is 2. The van der Waals surface area contributed by atoms with Gasteiger partial charge in [-0.2, -0.15) is 0 Å². The van der Waals surface area contributed by atoms with Crippen molar-refractivity contribution in [3.63, 3.8) is 0 Å². The second-order valence-electron chi connectivity index (χ2n) is 8.91. The number of carbonyl (C=O) groups excluding carboxylic acids is 2. The monoisotopic (exact) mass is 406 g/mol. The Morgan fingerprint density at radius 1 is 1.34 bits per heavy atom. The average molecular weight is 407 g/mol. The fourth-order valence-corrected chi connectivity index (χ4v) is 4.84. The minimum atomic E-state index is -0.645. The Kier molecular flexibility index (Phi) is 7.17. The zero-order valence-electron chi connectivity index (χ0n) is 17.6. The van der Waals surface area contributed by atoms with Gasteiger partial charge in [-0.05, 0) is 36.7 Å². The third kappa shape index (κ3) is 5.10. The highest BCUT2D eigenvalue weighted by atomic mass is 16.5. The van der Waals surface area contributed by atoms with Crippen LogP contribution in [-0.4, -0.2) is 46.6 Å². The Labute approximate surface area is 173 Å². The standard InChI is InChI=1S/C23H34O6/c1-4-13(2)23(27)29-20-7-5-6-15-10-19(25)14(3)18(22(15)20)9-8-17-11-16(24)12-21(26)28-17/h5-6,10,13-14,16-20,22,24-25H,4,7-9,11-12H2,1-3H3/t13-,14+,16+,17+,18-,19-,20+,22-/m0/s1. The van der Waals surface area contributed by atoms with Crippen LogP contribution in [0.4, 0.5) is 0 Å². The molecule has 29 heavy (non-hydrogen) atoms. The summed E-state index contributed by atoms with van der Waals surface area (Å²) in [6.45, 7) is 5.88. The molecule has 2 aliphatic carbocycles. The quantitative estimate of drug-likeness (QED) is 0.659. The van der Waals surface area contributed by atoms with Gasteiger partial charge in [-0.15, -0.1) is 0 Å². The summed E-state index contributed by atoms with van der Waals surface area (Å²) >= 11 is 0. The molecule has 0 aromatic carbocycles. The van der Waals surface area contributed by atoms with Gasteiger partial charge < -0.3 is 19.7 Å². The number of hydrogen-bond donors (Lipinski definition) is 2. The number of rotatable bonds is 6. The Morgan fingerprint density at radius 3 is 2.79 bits per heavy atom. The lowest BCUT2D eigenvalue weighted by atomic mass is 9.65. The van der Waals surface area contributed by atoms with Gasteiger partial charge in [0, 0.05) is 18.8 Å². The van der Waals surface area contributed by atoms with Gasteiger partial charge in [0.05, 0.1) is 24.5 Å². The molecule has 1 fully saturated rings. The molecule has 3 aliphatic rings. The van der Waals surface area contributed by atoms with E-state index in [9.17, 15) is 19.8 Å². The van der Waals surface area contributed by atoms with Crippen LogP contribution in [-0.2, 0) is 19.1 Å². The summed E-state index contributed by atoms with van der Waals surface area (Å²) in [5.74, 6) is -0.537. The van der Waals surface area contributed by atoms with E-state index in [0.717, 1.165) is 18.4 Å². The number of esters is 2. The molecule has 1 saturated heterocycles. The van der Waals surface area contributed by atoms with Crippen molar-refractivity contribution in [2.45, 2.75) is 83.7 Å². The Bertz CT molecular complexity index is 668. The summed E-state index contributed by atoms with van der Waals surface area (Å²) in [4.78, 5) is 24.1. The first-order chi connectivity index (χ1) is 13.8. The van der Waals surface area contributed by atoms with Crippen LogP contribution < -0.4 is 0 Å². The van der Waals surface area contributed by atoms with Crippen LogP contribution in [0.2, 0.25) is 0 Å². The van der Waals surface area contributed by atoms with Gasteiger partial charge in [0.25, 0.3) is 0 Å². The van der Waals surface area contributed by atoms with Crippen molar-refractivity contribution < 1.29 is 29.3 Å². The molecule has 0 aromatic heterocycles. The van der Waals surface area contributed by atoms with E-state index in [1.807, 2.05) is 39.0 Å². The summed E-state index contributed by atoms with van der Waals surface area (Å²) in [5.41, 5.74) is 1.02. The second kappa shape index (κ2) is 9.43. The van der Waals surface area contributed by atoms with Crippen LogP contribution >= 0.6 is 0 Å². The van der Waals surface area contributed by atoms with Gasteiger partial charge in [0.1, 0.15) is 12.2 Å². The molecule has 6 nitrogen and oxygen atoms in total. The summed E-state index contributed by atoms with van der Waals surface area (Å²) in [6.07, 6.45) is 7.46. The van der Waals surface area contributed by atoms with Gasteiger partial charge in [0.15, 0.2) is 0 Å². The van der Waals surface area contributed by atoms with Gasteiger partial charge >= 0.3 is 11.9 Å². The fraction of sp³-hybridized carbons (Fsp3) is 0.739. The molecule has 6 heteroatoms. The number of fused-ring (bicyclic) bond motifs is 1. The SMILES string of the molecule is CC[C@H](C)C(=O)O[C@@H]1CC=CC2=C[C@H](O)[C@H](C)[C@H](CC[C@@H]3C[C@@H](O)CC(=O)O3)[C@H]21. The number of allylic oxidation sites excluding steroid dienone is 1. The number of hydrogen-bond acceptors (Lipinski definition) is 6. The van der Waals surface area contributed by atoms with Gasteiger partial charge in [-0.25, -0.2) is 0 Å². The Morgan fingerprint density at radius 2 is 2.10 bits per heavy atom. The maximum absolute atomic E-state index is 12.4. The zero-order chi connectivity index (χ0) is 21.1. The van der Waals surface area contributed by atoms with Crippen molar-refractivity contribution in [1.82, 2.24) is 0 Å². The smallest absolute Gasteiger partial charge is 0.308 e. The Balaban J connectivity index is 1.74. The van der Waals surface area contributed by atoms with Crippen molar-refractivity contribution in [1.29, 1.82) is 0 Å². The minimum Gasteiger partial charge on any atom is -0.462 e. The molecule has 162 valence electrons. The topological polar surface area (TPSA) is 93.1 Å². The first-order valence-corrected chi connectivity index (χ1v) is 10.9. The fourth-order valence-electron chi connectivity index (χ4n) is 4.84. The van der Waals surface area contributed by atoms with Crippen LogP contribution in [0, 0.1) is 23.7 Å². The van der Waals surface area contributed by atoms with E-state index < -0.39 is 12.2 Å². The second-order valence-corrected chi connectivity index (χ2v) is 8.91. The van der Waals surface area contributed by atoms with Crippen molar-refractivity contribution in [3.05, 3.63) is 23.8 Å². The molecule has 0 saturated carbocycles. The summed E-state index contributed by atoms with van der Waals surface area (Å²) in [7, 11) is 0. The van der Waals surface area contributed by atoms with Crippen LogP contribution in [0.1, 0.15) is 59.3 Å². The van der Waals surface area contributed by atoms with Crippen LogP contribution in [0.15, 0.2) is 23.8 Å². The molecule has 3 rings (SSSR count). The third-order valence-corrected chi connectivity index (χ3v) is 6.84. The number of ether oxygens (including phenoxy) is 2. The highest BCUT2D eigenvalue weighted by molar-refractivity contribution is 5.72. The van der Waals surface area contributed by atoms with Crippen molar-refractivity contribution in [3.8, 4) is 0 Å². The van der Waals surface area contributed by atoms with Crippen LogP contribution in [0.25, 0.3) is 0 Å². The highest BCUT2D eigenvalue weighted by Gasteiger charge is 2.43. The molecule has 0 aromatic rings. The first kappa shape index (κ1) is 22.0. The van der Waals surface area contributed by atoms with Crippen molar-refractivity contribution in [2.24, 2.45) is 23.7 Å². The molecule has 8 atom stereocenters. The van der Waals surface area contributed by atoms with E-state index in [2.05, 4.69) is 0 Å². The van der Waals surface area contributed by atoms with E-state index in [1.165, 1.54) is 0 Å². The molecule has 0 bridgehead atoms. The normalized spacial score (nSPS) is 37.9. The lowest BCUT2D eigenvalue weighted by Gasteiger charge is -2.44. The number of aliphatic hydroxyl groups is 2. The molecule has 0 amide bonds. The van der Waals surface area contributed by atoms with E-state index in [1.54, 1.807) is 0 Å². The van der Waals surface area contributed by atoms with Crippen LogP contribution in [0.5, 0.6) is 0 Å². The van der Waals surface area contributed by atoms with Gasteiger partial charge in [0.2, 0.25) is 0 Å². The largest absolute Gasteiger partial charge is 0.462 e. The molecule has 0 unspecified atom stereocenters. The average Bonchev–Trinajstić information content (AvgIpc) is 2.67.